The van der Waals surface area contributed by atoms with Crippen molar-refractivity contribution in [3.63, 3.8) is 0 Å². The summed E-state index contributed by atoms with van der Waals surface area (Å²) < 4.78 is 0.611. The molecule has 39 heavy (non-hydrogen) atoms. The lowest BCUT2D eigenvalue weighted by atomic mass is 9.75. The van der Waals surface area contributed by atoms with E-state index < -0.39 is 5.92 Å². The van der Waals surface area contributed by atoms with Crippen LogP contribution in [0.4, 0.5) is 5.13 Å². The molecule has 1 unspecified atom stereocenters. The number of nitrogens with two attached hydrogens (primary N) is 1. The molecule has 1 amide bonds. The number of allylic oxidation sites excluding steroid dienone is 3. The topological polar surface area (TPSA) is 125 Å². The highest BCUT2D eigenvalue weighted by atomic mass is 32.2. The van der Waals surface area contributed by atoms with E-state index in [1.807, 2.05) is 61.5 Å². The van der Waals surface area contributed by atoms with Crippen LogP contribution >= 0.6 is 23.1 Å². The zero-order valence-electron chi connectivity index (χ0n) is 21.5. The van der Waals surface area contributed by atoms with Crippen LogP contribution in [0.1, 0.15) is 41.9 Å². The van der Waals surface area contributed by atoms with Crippen LogP contribution in [0.25, 0.3) is 0 Å². The molecule has 0 saturated carbocycles. The predicted octanol–water partition coefficient (Wildman–Crippen LogP) is 4.60. The molecule has 0 saturated heterocycles. The second-order valence-electron chi connectivity index (χ2n) is 9.45. The third kappa shape index (κ3) is 5.75. The average Bonchev–Trinajstić information content (AvgIpc) is 3.41. The minimum atomic E-state index is -0.504. The maximum Gasteiger partial charge on any atom is 0.230 e. The molecule has 8 nitrogen and oxygen atoms in total. The van der Waals surface area contributed by atoms with E-state index in [0.717, 1.165) is 23.2 Å². The first-order valence-electron chi connectivity index (χ1n) is 12.8. The molecular formula is C29H28N6O2S2. The number of benzene rings is 2. The fourth-order valence-electron chi connectivity index (χ4n) is 4.92. The van der Waals surface area contributed by atoms with Crippen molar-refractivity contribution in [1.82, 2.24) is 15.5 Å². The van der Waals surface area contributed by atoms with Crippen molar-refractivity contribution >= 4 is 39.9 Å². The molecule has 5 rings (SSSR count). The Morgan fingerprint density at radius 3 is 2.69 bits per heavy atom. The molecule has 2 aromatic carbocycles. The number of aromatic nitrogens is 2. The number of nitrogens with zero attached hydrogens (tertiary/aromatic N) is 4. The Morgan fingerprint density at radius 2 is 1.95 bits per heavy atom. The minimum Gasteiger partial charge on any atom is -0.384 e. The molecule has 1 aliphatic heterocycles. The summed E-state index contributed by atoms with van der Waals surface area (Å²) in [6, 6.07) is 20.1. The largest absolute Gasteiger partial charge is 0.384 e. The van der Waals surface area contributed by atoms with E-state index in [4.69, 9.17) is 5.73 Å². The summed E-state index contributed by atoms with van der Waals surface area (Å²) in [6.45, 7) is 2.56. The molecule has 3 N–H and O–H groups in total. The first-order valence-corrected chi connectivity index (χ1v) is 14.6. The molecule has 0 bridgehead atoms. The van der Waals surface area contributed by atoms with Crippen molar-refractivity contribution in [2.24, 2.45) is 5.73 Å². The van der Waals surface area contributed by atoms with E-state index in [2.05, 4.69) is 21.6 Å². The Labute approximate surface area is 235 Å². The number of carbonyl (C=O) groups excluding carboxylic acids is 2. The van der Waals surface area contributed by atoms with Gasteiger partial charge < -0.3 is 11.1 Å². The smallest absolute Gasteiger partial charge is 0.230 e. The highest BCUT2D eigenvalue weighted by Gasteiger charge is 2.41. The van der Waals surface area contributed by atoms with E-state index in [9.17, 15) is 14.9 Å². The van der Waals surface area contributed by atoms with E-state index in [1.54, 1.807) is 4.90 Å². The third-order valence-electron chi connectivity index (χ3n) is 6.82. The van der Waals surface area contributed by atoms with Gasteiger partial charge in [-0.3, -0.25) is 14.5 Å². The Balaban J connectivity index is 1.34. The van der Waals surface area contributed by atoms with Crippen molar-refractivity contribution in [2.45, 2.75) is 42.9 Å². The maximum atomic E-state index is 13.2. The summed E-state index contributed by atoms with van der Waals surface area (Å²) in [7, 11) is 0. The van der Waals surface area contributed by atoms with Crippen LogP contribution < -0.4 is 16.0 Å². The molecule has 2 heterocycles. The van der Waals surface area contributed by atoms with Gasteiger partial charge in [0.1, 0.15) is 5.82 Å². The van der Waals surface area contributed by atoms with Gasteiger partial charge in [0.25, 0.3) is 0 Å². The first kappa shape index (κ1) is 26.7. The van der Waals surface area contributed by atoms with Crippen molar-refractivity contribution in [3.05, 3.63) is 94.0 Å². The number of nitrogens with one attached hydrogen (secondary N) is 1. The number of hydrogen-bond donors (Lipinski definition) is 2. The standard InChI is InChI=1S/C29H28N6O2S2/c1-18-10-12-20(13-11-18)25-21(16-30)27(31)35(22-8-5-9-23(36)26(22)25)28-33-34-29(39-28)38-17-24(37)32-15-14-19-6-3-2-4-7-19/h2-4,6-7,10-13,25H,5,8-9,14-15,17,31H2,1H3,(H,32,37). The van der Waals surface area contributed by atoms with Gasteiger partial charge >= 0.3 is 0 Å². The Hall–Kier alpha value is -3.94. The van der Waals surface area contributed by atoms with E-state index in [1.165, 1.54) is 28.7 Å². The highest BCUT2D eigenvalue weighted by Crippen LogP contribution is 2.47. The highest BCUT2D eigenvalue weighted by molar-refractivity contribution is 8.01. The SMILES string of the molecule is Cc1ccc(C2C(C#N)=C(N)N(c3nnc(SCC(=O)NCCc4ccccc4)s3)C3=C2C(=O)CCC3)cc1. The number of Topliss-reactive ketones (excluding diaryl/α,β-unsaturated/α-hetero) is 1. The van der Waals surface area contributed by atoms with Gasteiger partial charge in [0.2, 0.25) is 11.0 Å². The Bertz CT molecular complexity index is 1490. The molecule has 2 aliphatic rings. The van der Waals surface area contributed by atoms with Crippen LogP contribution in [-0.4, -0.2) is 34.2 Å². The zero-order chi connectivity index (χ0) is 27.4. The molecule has 1 atom stereocenters. The zero-order valence-corrected chi connectivity index (χ0v) is 23.1. The summed E-state index contributed by atoms with van der Waals surface area (Å²) in [6.07, 6.45) is 2.55. The lowest BCUT2D eigenvalue weighted by Crippen LogP contribution is -2.38. The van der Waals surface area contributed by atoms with Gasteiger partial charge in [-0.05, 0) is 37.3 Å². The molecule has 1 aromatic heterocycles. The third-order valence-corrected chi connectivity index (χ3v) is 8.86. The lowest BCUT2D eigenvalue weighted by molar-refractivity contribution is -0.118. The van der Waals surface area contributed by atoms with Crippen LogP contribution in [-0.2, 0) is 16.0 Å². The number of ketones is 1. The quantitative estimate of drug-likeness (QED) is 0.386. The minimum absolute atomic E-state index is 0.0263. The number of hydrogen-bond acceptors (Lipinski definition) is 9. The number of amides is 1. The number of carbonyl (C=O) groups is 2. The van der Waals surface area contributed by atoms with E-state index in [0.29, 0.717) is 46.4 Å². The summed E-state index contributed by atoms with van der Waals surface area (Å²) in [4.78, 5) is 27.3. The van der Waals surface area contributed by atoms with E-state index in [-0.39, 0.29) is 23.3 Å². The van der Waals surface area contributed by atoms with Gasteiger partial charge in [-0.1, -0.05) is 83.3 Å². The number of thioether (sulfide) groups is 1. The van der Waals surface area contributed by atoms with Crippen LogP contribution in [0.2, 0.25) is 0 Å². The fraction of sp³-hybridized carbons (Fsp3) is 0.276. The molecule has 0 fully saturated rings. The van der Waals surface area contributed by atoms with Crippen molar-refractivity contribution in [3.8, 4) is 6.07 Å². The fourth-order valence-corrected chi connectivity index (χ4v) is 6.63. The van der Waals surface area contributed by atoms with Crippen molar-refractivity contribution < 1.29 is 9.59 Å². The van der Waals surface area contributed by atoms with Gasteiger partial charge in [-0.15, -0.1) is 10.2 Å². The number of anilines is 1. The lowest BCUT2D eigenvalue weighted by Gasteiger charge is -2.38. The second-order valence-corrected chi connectivity index (χ2v) is 11.6. The summed E-state index contributed by atoms with van der Waals surface area (Å²) in [5.41, 5.74) is 11.5. The first-order chi connectivity index (χ1) is 19.0. The Kier molecular flexibility index (Phi) is 8.10. The van der Waals surface area contributed by atoms with Crippen molar-refractivity contribution in [2.75, 3.05) is 17.2 Å². The molecule has 0 radical (unpaired) electrons. The predicted molar refractivity (Wildman–Crippen MR) is 153 cm³/mol. The Morgan fingerprint density at radius 1 is 1.18 bits per heavy atom. The number of rotatable bonds is 8. The normalized spacial score (nSPS) is 17.2. The molecule has 1 aliphatic carbocycles. The van der Waals surface area contributed by atoms with Gasteiger partial charge in [0.15, 0.2) is 10.1 Å². The monoisotopic (exact) mass is 556 g/mol. The van der Waals surface area contributed by atoms with Gasteiger partial charge in [-0.25, -0.2) is 0 Å². The molecule has 198 valence electrons. The maximum absolute atomic E-state index is 13.2. The van der Waals surface area contributed by atoms with Crippen LogP contribution in [0.15, 0.2) is 81.6 Å². The van der Waals surface area contributed by atoms with Gasteiger partial charge in [-0.2, -0.15) is 5.26 Å². The summed E-state index contributed by atoms with van der Waals surface area (Å²) in [5, 5.41) is 22.2. The van der Waals surface area contributed by atoms with E-state index >= 15 is 0 Å². The average molecular weight is 557 g/mol. The molecule has 3 aromatic rings. The summed E-state index contributed by atoms with van der Waals surface area (Å²) in [5.74, 6) is -0.0852. The molecule has 0 spiro atoms. The second kappa shape index (κ2) is 11.8. The van der Waals surface area contributed by atoms with Gasteiger partial charge in [0.05, 0.1) is 23.3 Å². The van der Waals surface area contributed by atoms with Gasteiger partial charge in [0, 0.05) is 24.2 Å². The number of aryl methyl sites for hydroxylation is 1. The van der Waals surface area contributed by atoms with Crippen LogP contribution in [0, 0.1) is 18.3 Å². The summed E-state index contributed by atoms with van der Waals surface area (Å²) >= 11 is 2.59. The molecule has 10 heteroatoms. The molecular weight excluding hydrogens is 528 g/mol. The number of nitriles is 1. The van der Waals surface area contributed by atoms with Crippen LogP contribution in [0.5, 0.6) is 0 Å². The van der Waals surface area contributed by atoms with Crippen LogP contribution in [0.3, 0.4) is 0 Å². The van der Waals surface area contributed by atoms with Crippen molar-refractivity contribution in [1.29, 1.82) is 5.26 Å².